The number of hydrogen-bond donors (Lipinski definition) is 2. The van der Waals surface area contributed by atoms with Crippen LogP contribution < -0.4 is 10.0 Å². The Labute approximate surface area is 154 Å². The van der Waals surface area contributed by atoms with E-state index in [9.17, 15) is 13.2 Å². The van der Waals surface area contributed by atoms with Crippen LogP contribution in [0.15, 0.2) is 47.4 Å². The van der Waals surface area contributed by atoms with Gasteiger partial charge in [-0.05, 0) is 43.2 Å². The molecule has 2 aromatic rings. The second kappa shape index (κ2) is 8.82. The van der Waals surface area contributed by atoms with Gasteiger partial charge in [-0.1, -0.05) is 29.8 Å². The van der Waals surface area contributed by atoms with Gasteiger partial charge in [-0.3, -0.25) is 9.52 Å². The van der Waals surface area contributed by atoms with E-state index < -0.39 is 10.0 Å². The summed E-state index contributed by atoms with van der Waals surface area (Å²) in [5, 5.41) is 2.74. The maximum absolute atomic E-state index is 12.6. The van der Waals surface area contributed by atoms with Crippen LogP contribution in [0, 0.1) is 13.8 Å². The topological polar surface area (TPSA) is 84.5 Å². The van der Waals surface area contributed by atoms with Gasteiger partial charge in [0.15, 0.2) is 0 Å². The average Bonchev–Trinajstić information content (AvgIpc) is 2.56. The Morgan fingerprint density at radius 2 is 1.77 bits per heavy atom. The molecule has 0 aliphatic carbocycles. The molecule has 0 radical (unpaired) electrons. The lowest BCUT2D eigenvalue weighted by atomic mass is 10.1. The summed E-state index contributed by atoms with van der Waals surface area (Å²) in [6, 6.07) is 12.0. The molecular weight excluding hydrogens is 352 g/mol. The maximum atomic E-state index is 12.6. The zero-order valence-corrected chi connectivity index (χ0v) is 16.0. The molecule has 0 saturated carbocycles. The van der Waals surface area contributed by atoms with Gasteiger partial charge in [0.05, 0.1) is 17.9 Å². The molecule has 0 heterocycles. The number of carbonyl (C=O) groups is 1. The number of aryl methyl sites for hydroxylation is 2. The predicted octanol–water partition coefficient (Wildman–Crippen LogP) is 2.41. The fraction of sp³-hybridized carbons (Fsp3) is 0.316. The van der Waals surface area contributed by atoms with Crippen LogP contribution in [0.3, 0.4) is 0 Å². The molecule has 2 rings (SSSR count). The first kappa shape index (κ1) is 19.9. The summed E-state index contributed by atoms with van der Waals surface area (Å²) in [6.07, 6.45) is 0.230. The molecule has 2 aromatic carbocycles. The van der Waals surface area contributed by atoms with E-state index in [0.29, 0.717) is 24.4 Å². The first-order valence-corrected chi connectivity index (χ1v) is 9.75. The van der Waals surface area contributed by atoms with E-state index in [2.05, 4.69) is 10.0 Å². The van der Waals surface area contributed by atoms with Crippen molar-refractivity contribution in [2.75, 3.05) is 25.0 Å². The minimum absolute atomic E-state index is 0.106. The van der Waals surface area contributed by atoms with Crippen molar-refractivity contribution in [3.8, 4) is 0 Å². The highest BCUT2D eigenvalue weighted by Gasteiger charge is 2.16. The fourth-order valence-corrected chi connectivity index (χ4v) is 3.83. The van der Waals surface area contributed by atoms with Gasteiger partial charge >= 0.3 is 0 Å². The summed E-state index contributed by atoms with van der Waals surface area (Å²) in [4.78, 5) is 12.0. The van der Waals surface area contributed by atoms with Crippen molar-refractivity contribution in [3.05, 3.63) is 59.2 Å². The highest BCUT2D eigenvalue weighted by molar-refractivity contribution is 7.92. The molecular formula is C19H24N2O4S. The summed E-state index contributed by atoms with van der Waals surface area (Å²) in [5.74, 6) is -0.106. The van der Waals surface area contributed by atoms with Gasteiger partial charge < -0.3 is 10.1 Å². The number of amides is 1. The number of nitrogens with one attached hydrogen (secondary N) is 2. The van der Waals surface area contributed by atoms with E-state index >= 15 is 0 Å². The van der Waals surface area contributed by atoms with E-state index in [1.54, 1.807) is 50.4 Å². The smallest absolute Gasteiger partial charge is 0.262 e. The second-order valence-corrected chi connectivity index (χ2v) is 7.74. The largest absolute Gasteiger partial charge is 0.383 e. The molecule has 0 spiro atoms. The van der Waals surface area contributed by atoms with Crippen molar-refractivity contribution in [2.45, 2.75) is 25.2 Å². The first-order valence-electron chi connectivity index (χ1n) is 8.26. The molecule has 0 fully saturated rings. The lowest BCUT2D eigenvalue weighted by Gasteiger charge is -2.11. The van der Waals surface area contributed by atoms with Crippen molar-refractivity contribution < 1.29 is 17.9 Å². The molecule has 0 bridgehead atoms. The number of sulfonamides is 1. The van der Waals surface area contributed by atoms with E-state index in [4.69, 9.17) is 4.74 Å². The molecule has 1 amide bonds. The fourth-order valence-electron chi connectivity index (χ4n) is 2.54. The number of carbonyl (C=O) groups excluding carboxylic acids is 1. The summed E-state index contributed by atoms with van der Waals surface area (Å²) in [7, 11) is -2.08. The van der Waals surface area contributed by atoms with Crippen molar-refractivity contribution in [2.24, 2.45) is 0 Å². The minimum Gasteiger partial charge on any atom is -0.383 e. The summed E-state index contributed by atoms with van der Waals surface area (Å²) >= 11 is 0. The molecule has 0 aliphatic heterocycles. The number of benzene rings is 2. The Hall–Kier alpha value is -2.38. The number of anilines is 1. The SMILES string of the molecule is COCCNC(=O)Cc1ccc(NS(=O)(=O)c2ccc(C)cc2C)cc1. The molecule has 7 heteroatoms. The Bertz CT molecular complexity index is 862. The van der Waals surface area contributed by atoms with Crippen molar-refractivity contribution >= 4 is 21.6 Å². The second-order valence-electron chi connectivity index (χ2n) is 6.09. The normalized spacial score (nSPS) is 11.2. The summed E-state index contributed by atoms with van der Waals surface area (Å²) in [5.41, 5.74) is 2.96. The molecule has 2 N–H and O–H groups in total. The zero-order valence-electron chi connectivity index (χ0n) is 15.2. The van der Waals surface area contributed by atoms with Crippen LogP contribution in [0.5, 0.6) is 0 Å². The van der Waals surface area contributed by atoms with Gasteiger partial charge in [0.1, 0.15) is 0 Å². The molecule has 0 aliphatic rings. The van der Waals surface area contributed by atoms with E-state index in [-0.39, 0.29) is 17.2 Å². The first-order chi connectivity index (χ1) is 12.3. The van der Waals surface area contributed by atoms with E-state index in [1.807, 2.05) is 13.0 Å². The van der Waals surface area contributed by atoms with Crippen molar-refractivity contribution in [1.29, 1.82) is 0 Å². The number of rotatable bonds is 8. The number of hydrogen-bond acceptors (Lipinski definition) is 4. The van der Waals surface area contributed by atoms with Crippen LogP contribution in [0.25, 0.3) is 0 Å². The Balaban J connectivity index is 2.03. The van der Waals surface area contributed by atoms with Crippen LogP contribution in [-0.4, -0.2) is 34.6 Å². The Morgan fingerprint density at radius 1 is 1.08 bits per heavy atom. The molecule has 140 valence electrons. The minimum atomic E-state index is -3.65. The highest BCUT2D eigenvalue weighted by atomic mass is 32.2. The van der Waals surface area contributed by atoms with Crippen LogP contribution in [-0.2, 0) is 26.0 Å². The number of ether oxygens (including phenoxy) is 1. The van der Waals surface area contributed by atoms with Gasteiger partial charge in [-0.2, -0.15) is 0 Å². The van der Waals surface area contributed by atoms with Crippen LogP contribution in [0.1, 0.15) is 16.7 Å². The molecule has 0 saturated heterocycles. The third-order valence-electron chi connectivity index (χ3n) is 3.82. The summed E-state index contributed by atoms with van der Waals surface area (Å²) < 4.78 is 32.6. The lowest BCUT2D eigenvalue weighted by Crippen LogP contribution is -2.28. The molecule has 6 nitrogen and oxygen atoms in total. The zero-order chi connectivity index (χ0) is 19.2. The lowest BCUT2D eigenvalue weighted by molar-refractivity contribution is -0.120. The molecule has 26 heavy (non-hydrogen) atoms. The van der Waals surface area contributed by atoms with Crippen molar-refractivity contribution in [1.82, 2.24) is 5.32 Å². The Kier molecular flexibility index (Phi) is 6.76. The van der Waals surface area contributed by atoms with Gasteiger partial charge in [0.2, 0.25) is 5.91 Å². The number of methoxy groups -OCH3 is 1. The standard InChI is InChI=1S/C19H24N2O4S/c1-14-4-9-18(15(2)12-14)26(23,24)21-17-7-5-16(6-8-17)13-19(22)20-10-11-25-3/h4-9,12,21H,10-11,13H2,1-3H3,(H,20,22). The average molecular weight is 376 g/mol. The third-order valence-corrected chi connectivity index (χ3v) is 5.36. The summed E-state index contributed by atoms with van der Waals surface area (Å²) in [6.45, 7) is 4.61. The van der Waals surface area contributed by atoms with Crippen LogP contribution in [0.2, 0.25) is 0 Å². The highest BCUT2D eigenvalue weighted by Crippen LogP contribution is 2.20. The Morgan fingerprint density at radius 3 is 2.38 bits per heavy atom. The molecule has 0 unspecified atom stereocenters. The van der Waals surface area contributed by atoms with Crippen LogP contribution in [0.4, 0.5) is 5.69 Å². The molecule has 0 atom stereocenters. The van der Waals surface area contributed by atoms with Gasteiger partial charge in [-0.25, -0.2) is 8.42 Å². The van der Waals surface area contributed by atoms with E-state index in [1.165, 1.54) is 0 Å². The maximum Gasteiger partial charge on any atom is 0.262 e. The monoisotopic (exact) mass is 376 g/mol. The van der Waals surface area contributed by atoms with Crippen LogP contribution >= 0.6 is 0 Å². The molecule has 0 aromatic heterocycles. The van der Waals surface area contributed by atoms with Gasteiger partial charge in [-0.15, -0.1) is 0 Å². The van der Waals surface area contributed by atoms with E-state index in [0.717, 1.165) is 11.1 Å². The van der Waals surface area contributed by atoms with Gasteiger partial charge in [0.25, 0.3) is 10.0 Å². The predicted molar refractivity (Wildman–Crippen MR) is 102 cm³/mol. The van der Waals surface area contributed by atoms with Gasteiger partial charge in [0, 0.05) is 19.3 Å². The van der Waals surface area contributed by atoms with Crippen molar-refractivity contribution in [3.63, 3.8) is 0 Å². The third kappa shape index (κ3) is 5.57. The quantitative estimate of drug-likeness (QED) is 0.693.